The Morgan fingerprint density at radius 3 is 1.64 bits per heavy atom. The number of hydrogen-bond acceptors (Lipinski definition) is 4. The van der Waals surface area contributed by atoms with Crippen molar-refractivity contribution in [2.75, 3.05) is 53.4 Å². The summed E-state index contributed by atoms with van der Waals surface area (Å²) < 4.78 is 54.8. The van der Waals surface area contributed by atoms with E-state index in [0.29, 0.717) is 19.0 Å². The second-order valence-corrected chi connectivity index (χ2v) is 10.2. The van der Waals surface area contributed by atoms with Crippen molar-refractivity contribution in [2.24, 2.45) is 5.92 Å². The first-order valence-electron chi connectivity index (χ1n) is 7.58. The van der Waals surface area contributed by atoms with Crippen LogP contribution < -0.4 is 0 Å². The van der Waals surface area contributed by atoms with Crippen LogP contribution in [0.1, 0.15) is 19.8 Å². The first-order chi connectivity index (χ1) is 10.2. The highest BCUT2D eigenvalue weighted by atomic mass is 32.2. The van der Waals surface area contributed by atoms with Crippen LogP contribution >= 0.6 is 0 Å². The second kappa shape index (κ2) is 6.70. The van der Waals surface area contributed by atoms with Gasteiger partial charge in [0.1, 0.15) is 0 Å². The van der Waals surface area contributed by atoms with E-state index in [-0.39, 0.29) is 26.2 Å². The molecule has 22 heavy (non-hydrogen) atoms. The van der Waals surface area contributed by atoms with Crippen LogP contribution in [0.15, 0.2) is 0 Å². The van der Waals surface area contributed by atoms with Crippen molar-refractivity contribution < 1.29 is 16.8 Å². The molecule has 0 amide bonds. The predicted octanol–water partition coefficient (Wildman–Crippen LogP) is -0.613. The lowest BCUT2D eigenvalue weighted by Gasteiger charge is -2.38. The number of piperazine rings is 1. The number of hydrogen-bond donors (Lipinski definition) is 0. The average Bonchev–Trinajstić information content (AvgIpc) is 2.47. The van der Waals surface area contributed by atoms with Gasteiger partial charge in [0.05, 0.1) is 0 Å². The van der Waals surface area contributed by atoms with E-state index < -0.39 is 20.4 Å². The number of nitrogens with zero attached hydrogens (tertiary/aromatic N) is 4. The zero-order valence-electron chi connectivity index (χ0n) is 13.5. The summed E-state index contributed by atoms with van der Waals surface area (Å²) in [6, 6.07) is 0. The van der Waals surface area contributed by atoms with Gasteiger partial charge in [0.15, 0.2) is 0 Å². The van der Waals surface area contributed by atoms with Crippen molar-refractivity contribution in [2.45, 2.75) is 19.8 Å². The molecular formula is C12H26N4O4S2. The molecule has 0 aromatic rings. The normalized spacial score (nSPS) is 24.9. The van der Waals surface area contributed by atoms with E-state index in [2.05, 4.69) is 6.92 Å². The summed E-state index contributed by atoms with van der Waals surface area (Å²) in [6.45, 7) is 4.06. The molecule has 130 valence electrons. The van der Waals surface area contributed by atoms with Gasteiger partial charge in [-0.1, -0.05) is 6.92 Å². The third-order valence-corrected chi connectivity index (χ3v) is 8.36. The quantitative estimate of drug-likeness (QED) is 0.674. The van der Waals surface area contributed by atoms with Crippen LogP contribution in [0.2, 0.25) is 0 Å². The van der Waals surface area contributed by atoms with E-state index in [4.69, 9.17) is 0 Å². The molecule has 0 bridgehead atoms. The molecule has 0 N–H and O–H groups in total. The molecule has 0 radical (unpaired) electrons. The molecule has 8 nitrogen and oxygen atoms in total. The van der Waals surface area contributed by atoms with Gasteiger partial charge in [-0.2, -0.15) is 34.1 Å². The molecule has 0 unspecified atom stereocenters. The third kappa shape index (κ3) is 3.62. The molecule has 10 heteroatoms. The van der Waals surface area contributed by atoms with Crippen molar-refractivity contribution in [3.8, 4) is 0 Å². The standard InChI is InChI=1S/C12H26N4O4S2/c1-12-4-6-14(7-5-12)22(19,20)16-10-8-15(9-11-16)21(17,18)13(2)3/h12H,4-11H2,1-3H3. The minimum absolute atomic E-state index is 0.198. The minimum atomic E-state index is -3.47. The van der Waals surface area contributed by atoms with Gasteiger partial charge >= 0.3 is 0 Å². The van der Waals surface area contributed by atoms with E-state index >= 15 is 0 Å². The highest BCUT2D eigenvalue weighted by Crippen LogP contribution is 2.22. The van der Waals surface area contributed by atoms with Gasteiger partial charge in [-0.05, 0) is 18.8 Å². The van der Waals surface area contributed by atoms with Crippen molar-refractivity contribution in [3.63, 3.8) is 0 Å². The van der Waals surface area contributed by atoms with E-state index in [1.54, 1.807) is 0 Å². The fraction of sp³-hybridized carbons (Fsp3) is 1.00. The van der Waals surface area contributed by atoms with Gasteiger partial charge in [0.2, 0.25) is 0 Å². The molecule has 0 aromatic heterocycles. The van der Waals surface area contributed by atoms with Crippen molar-refractivity contribution in [1.82, 2.24) is 17.2 Å². The molecule has 0 aromatic carbocycles. The summed E-state index contributed by atoms with van der Waals surface area (Å²) in [7, 11) is -3.98. The van der Waals surface area contributed by atoms with Gasteiger partial charge in [-0.3, -0.25) is 0 Å². The van der Waals surface area contributed by atoms with E-state index in [1.807, 2.05) is 0 Å². The SMILES string of the molecule is CC1CCN(S(=O)(=O)N2CCN(S(=O)(=O)N(C)C)CC2)CC1. The fourth-order valence-electron chi connectivity index (χ4n) is 2.74. The van der Waals surface area contributed by atoms with Gasteiger partial charge in [0, 0.05) is 53.4 Å². The molecule has 2 saturated heterocycles. The Hall–Kier alpha value is -0.260. The van der Waals surface area contributed by atoms with Crippen LogP contribution in [0, 0.1) is 5.92 Å². The fourth-order valence-corrected chi connectivity index (χ4v) is 5.45. The maximum absolute atomic E-state index is 12.6. The summed E-state index contributed by atoms with van der Waals surface area (Å²) in [5, 5.41) is 0. The maximum atomic E-state index is 12.6. The van der Waals surface area contributed by atoms with E-state index in [0.717, 1.165) is 17.1 Å². The van der Waals surface area contributed by atoms with Crippen molar-refractivity contribution in [3.05, 3.63) is 0 Å². The lowest BCUT2D eigenvalue weighted by atomic mass is 10.0. The highest BCUT2D eigenvalue weighted by molar-refractivity contribution is 7.87. The Kier molecular flexibility index (Phi) is 5.50. The smallest absolute Gasteiger partial charge is 0.195 e. The van der Waals surface area contributed by atoms with Gasteiger partial charge < -0.3 is 0 Å². The molecule has 2 fully saturated rings. The molecule has 2 rings (SSSR count). The zero-order valence-corrected chi connectivity index (χ0v) is 15.1. The number of piperidine rings is 1. The Morgan fingerprint density at radius 2 is 1.18 bits per heavy atom. The molecule has 2 heterocycles. The molecule has 2 aliphatic rings. The number of rotatable bonds is 4. The minimum Gasteiger partial charge on any atom is -0.195 e. The topological polar surface area (TPSA) is 81.2 Å². The second-order valence-electron chi connectivity index (χ2n) is 6.18. The summed E-state index contributed by atoms with van der Waals surface area (Å²) in [5.41, 5.74) is 0. The van der Waals surface area contributed by atoms with E-state index in [9.17, 15) is 16.8 Å². The van der Waals surface area contributed by atoms with Crippen LogP contribution in [-0.4, -0.2) is 87.4 Å². The van der Waals surface area contributed by atoms with Crippen LogP contribution in [-0.2, 0) is 20.4 Å². The maximum Gasteiger partial charge on any atom is 0.282 e. The highest BCUT2D eigenvalue weighted by Gasteiger charge is 2.36. The third-order valence-electron chi connectivity index (χ3n) is 4.38. The summed E-state index contributed by atoms with van der Waals surface area (Å²) in [5.74, 6) is 0.563. The molecule has 0 aliphatic carbocycles. The molecule has 0 saturated carbocycles. The van der Waals surface area contributed by atoms with Gasteiger partial charge in [0.25, 0.3) is 20.4 Å². The van der Waals surface area contributed by atoms with Crippen LogP contribution in [0.3, 0.4) is 0 Å². The van der Waals surface area contributed by atoms with Gasteiger partial charge in [-0.25, -0.2) is 0 Å². The predicted molar refractivity (Wildman–Crippen MR) is 84.6 cm³/mol. The van der Waals surface area contributed by atoms with E-state index in [1.165, 1.54) is 27.0 Å². The van der Waals surface area contributed by atoms with Crippen LogP contribution in [0.4, 0.5) is 0 Å². The lowest BCUT2D eigenvalue weighted by Crippen LogP contribution is -2.56. The molecule has 2 aliphatic heterocycles. The Bertz CT molecular complexity index is 574. The first-order valence-corrected chi connectivity index (χ1v) is 10.4. The molecule has 0 spiro atoms. The molecular weight excluding hydrogens is 328 g/mol. The summed E-state index contributed by atoms with van der Waals surface area (Å²) in [4.78, 5) is 0. The zero-order chi connectivity index (χ0) is 16.5. The summed E-state index contributed by atoms with van der Waals surface area (Å²) >= 11 is 0. The first kappa shape index (κ1) is 18.1. The average molecular weight is 354 g/mol. The van der Waals surface area contributed by atoms with Crippen molar-refractivity contribution in [1.29, 1.82) is 0 Å². The van der Waals surface area contributed by atoms with Crippen molar-refractivity contribution >= 4 is 20.4 Å². The monoisotopic (exact) mass is 354 g/mol. The molecule has 0 atom stereocenters. The van der Waals surface area contributed by atoms with Gasteiger partial charge in [-0.15, -0.1) is 0 Å². The largest absolute Gasteiger partial charge is 0.282 e. The summed E-state index contributed by atoms with van der Waals surface area (Å²) in [6.07, 6.45) is 1.77. The van der Waals surface area contributed by atoms with Crippen LogP contribution in [0.25, 0.3) is 0 Å². The lowest BCUT2D eigenvalue weighted by molar-refractivity contribution is 0.228. The Balaban J connectivity index is 1.99. The Labute approximate surface area is 134 Å². The Morgan fingerprint density at radius 1 is 0.773 bits per heavy atom. The van der Waals surface area contributed by atoms with Crippen LogP contribution in [0.5, 0.6) is 0 Å².